The summed E-state index contributed by atoms with van der Waals surface area (Å²) >= 11 is 0. The largest absolute Gasteiger partial charge is 0.493 e. The Morgan fingerprint density at radius 2 is 1.82 bits per heavy atom. The van der Waals surface area contributed by atoms with Gasteiger partial charge in [-0.1, -0.05) is 24.3 Å². The van der Waals surface area contributed by atoms with Gasteiger partial charge in [0.25, 0.3) is 0 Å². The predicted molar refractivity (Wildman–Crippen MR) is 105 cm³/mol. The van der Waals surface area contributed by atoms with E-state index in [1.54, 1.807) is 24.3 Å². The van der Waals surface area contributed by atoms with Gasteiger partial charge in [-0.05, 0) is 45.0 Å². The van der Waals surface area contributed by atoms with Crippen molar-refractivity contribution in [1.29, 1.82) is 0 Å². The standard InChI is InChI=1S/C22H23NO5/c1-15-19(23-20(27-15)16-8-5-4-6-9-16)12-13-26-17-10-7-11-18(14-17)28-22(2,3)21(24)25/h4-11,14H,12-13H2,1-3H3,(H,24,25). The number of carbonyl (C=O) groups is 1. The van der Waals surface area contributed by atoms with Crippen LogP contribution < -0.4 is 9.47 Å². The van der Waals surface area contributed by atoms with Gasteiger partial charge in [0.1, 0.15) is 17.3 Å². The van der Waals surface area contributed by atoms with Crippen LogP contribution in [0.25, 0.3) is 11.5 Å². The molecule has 3 aromatic rings. The molecule has 1 aromatic heterocycles. The third kappa shape index (κ3) is 4.71. The van der Waals surface area contributed by atoms with Crippen molar-refractivity contribution in [2.75, 3.05) is 6.61 Å². The number of hydrogen-bond donors (Lipinski definition) is 1. The number of aliphatic carboxylic acids is 1. The normalized spacial score (nSPS) is 11.2. The number of carboxylic acid groups (broad SMARTS) is 1. The monoisotopic (exact) mass is 381 g/mol. The number of carboxylic acids is 1. The van der Waals surface area contributed by atoms with Gasteiger partial charge in [-0.2, -0.15) is 0 Å². The van der Waals surface area contributed by atoms with Crippen LogP contribution in [0, 0.1) is 6.92 Å². The number of aromatic nitrogens is 1. The fourth-order valence-corrected chi connectivity index (χ4v) is 2.60. The van der Waals surface area contributed by atoms with E-state index in [1.165, 1.54) is 13.8 Å². The molecule has 0 saturated heterocycles. The molecule has 0 spiro atoms. The van der Waals surface area contributed by atoms with Gasteiger partial charge in [0, 0.05) is 18.1 Å². The molecule has 0 aliphatic heterocycles. The van der Waals surface area contributed by atoms with Crippen LogP contribution in [0.15, 0.2) is 59.0 Å². The van der Waals surface area contributed by atoms with E-state index in [1.807, 2.05) is 37.3 Å². The SMILES string of the molecule is Cc1oc(-c2ccccc2)nc1CCOc1cccc(OC(C)(C)C(=O)O)c1. The molecule has 0 atom stereocenters. The molecule has 0 saturated carbocycles. The Bertz CT molecular complexity index is 947. The maximum atomic E-state index is 11.2. The highest BCUT2D eigenvalue weighted by Crippen LogP contribution is 2.25. The maximum Gasteiger partial charge on any atom is 0.347 e. The zero-order chi connectivity index (χ0) is 20.1. The zero-order valence-corrected chi connectivity index (χ0v) is 16.1. The average molecular weight is 381 g/mol. The Morgan fingerprint density at radius 1 is 1.11 bits per heavy atom. The minimum Gasteiger partial charge on any atom is -0.493 e. The lowest BCUT2D eigenvalue weighted by Gasteiger charge is -2.21. The molecule has 6 heteroatoms. The van der Waals surface area contributed by atoms with Crippen molar-refractivity contribution in [3.8, 4) is 23.0 Å². The van der Waals surface area contributed by atoms with Gasteiger partial charge in [0.15, 0.2) is 5.60 Å². The number of nitrogens with zero attached hydrogens (tertiary/aromatic N) is 1. The Labute approximate surface area is 163 Å². The predicted octanol–water partition coefficient (Wildman–Crippen LogP) is 4.51. The van der Waals surface area contributed by atoms with Gasteiger partial charge in [0.2, 0.25) is 5.89 Å². The number of ether oxygens (including phenoxy) is 2. The van der Waals surface area contributed by atoms with Crippen LogP contribution in [0.1, 0.15) is 25.3 Å². The zero-order valence-electron chi connectivity index (χ0n) is 16.1. The van der Waals surface area contributed by atoms with Crippen molar-refractivity contribution in [2.45, 2.75) is 32.8 Å². The van der Waals surface area contributed by atoms with Crippen molar-refractivity contribution >= 4 is 5.97 Å². The van der Waals surface area contributed by atoms with Crippen molar-refractivity contribution in [3.63, 3.8) is 0 Å². The molecule has 3 rings (SSSR count). The summed E-state index contributed by atoms with van der Waals surface area (Å²) in [5, 5.41) is 9.18. The van der Waals surface area contributed by atoms with E-state index in [-0.39, 0.29) is 0 Å². The molecule has 146 valence electrons. The van der Waals surface area contributed by atoms with Gasteiger partial charge in [-0.25, -0.2) is 9.78 Å². The van der Waals surface area contributed by atoms with Crippen molar-refractivity contribution in [2.24, 2.45) is 0 Å². The van der Waals surface area contributed by atoms with Crippen molar-refractivity contribution in [1.82, 2.24) is 4.98 Å². The number of hydrogen-bond acceptors (Lipinski definition) is 5. The second-order valence-electron chi connectivity index (χ2n) is 6.88. The highest BCUT2D eigenvalue weighted by atomic mass is 16.5. The number of aryl methyl sites for hydroxylation is 1. The van der Waals surface area contributed by atoms with Crippen molar-refractivity contribution < 1.29 is 23.8 Å². The second-order valence-corrected chi connectivity index (χ2v) is 6.88. The van der Waals surface area contributed by atoms with Crippen LogP contribution in [0.2, 0.25) is 0 Å². The maximum absolute atomic E-state index is 11.2. The fourth-order valence-electron chi connectivity index (χ4n) is 2.60. The highest BCUT2D eigenvalue weighted by Gasteiger charge is 2.29. The topological polar surface area (TPSA) is 81.8 Å². The number of oxazole rings is 1. The number of rotatable bonds is 8. The highest BCUT2D eigenvalue weighted by molar-refractivity contribution is 5.76. The first-order valence-corrected chi connectivity index (χ1v) is 9.02. The summed E-state index contributed by atoms with van der Waals surface area (Å²) in [4.78, 5) is 15.8. The summed E-state index contributed by atoms with van der Waals surface area (Å²) in [7, 11) is 0. The van der Waals surface area contributed by atoms with Crippen LogP contribution in [-0.4, -0.2) is 28.3 Å². The Balaban J connectivity index is 1.61. The van der Waals surface area contributed by atoms with Gasteiger partial charge in [0.05, 0.1) is 12.3 Å². The van der Waals surface area contributed by atoms with E-state index in [9.17, 15) is 9.90 Å². The van der Waals surface area contributed by atoms with Crippen LogP contribution in [0.3, 0.4) is 0 Å². The fraction of sp³-hybridized carbons (Fsp3) is 0.273. The molecular formula is C22H23NO5. The Hall–Kier alpha value is -3.28. The van der Waals surface area contributed by atoms with Gasteiger partial charge < -0.3 is 19.0 Å². The van der Waals surface area contributed by atoms with E-state index in [4.69, 9.17) is 13.9 Å². The molecule has 6 nitrogen and oxygen atoms in total. The molecule has 0 bridgehead atoms. The third-order valence-electron chi connectivity index (χ3n) is 4.21. The lowest BCUT2D eigenvalue weighted by atomic mass is 10.1. The van der Waals surface area contributed by atoms with Crippen LogP contribution in [0.4, 0.5) is 0 Å². The summed E-state index contributed by atoms with van der Waals surface area (Å²) in [6, 6.07) is 16.7. The molecule has 0 unspecified atom stereocenters. The summed E-state index contributed by atoms with van der Waals surface area (Å²) in [5.41, 5.74) is 0.464. The van der Waals surface area contributed by atoms with Gasteiger partial charge in [-0.3, -0.25) is 0 Å². The van der Waals surface area contributed by atoms with E-state index < -0.39 is 11.6 Å². The molecule has 0 fully saturated rings. The quantitative estimate of drug-likeness (QED) is 0.618. The van der Waals surface area contributed by atoms with E-state index in [0.29, 0.717) is 30.4 Å². The van der Waals surface area contributed by atoms with Gasteiger partial charge in [-0.15, -0.1) is 0 Å². The molecule has 1 N–H and O–H groups in total. The van der Waals surface area contributed by atoms with Crippen LogP contribution in [0.5, 0.6) is 11.5 Å². The van der Waals surface area contributed by atoms with E-state index in [2.05, 4.69) is 4.98 Å². The average Bonchev–Trinajstić information content (AvgIpc) is 3.03. The first-order valence-electron chi connectivity index (χ1n) is 9.02. The summed E-state index contributed by atoms with van der Waals surface area (Å²) in [6.45, 7) is 5.30. The minimum atomic E-state index is -1.32. The molecule has 0 aliphatic carbocycles. The van der Waals surface area contributed by atoms with E-state index >= 15 is 0 Å². The van der Waals surface area contributed by atoms with Crippen molar-refractivity contribution in [3.05, 3.63) is 66.1 Å². The molecule has 0 amide bonds. The molecule has 1 heterocycles. The first kappa shape index (κ1) is 19.5. The lowest BCUT2D eigenvalue weighted by molar-refractivity contribution is -0.152. The molecule has 28 heavy (non-hydrogen) atoms. The molecule has 0 aliphatic rings. The molecule has 0 radical (unpaired) electrons. The molecule has 2 aromatic carbocycles. The lowest BCUT2D eigenvalue weighted by Crippen LogP contribution is -2.37. The summed E-state index contributed by atoms with van der Waals surface area (Å²) in [5.74, 6) is 1.37. The number of benzene rings is 2. The Kier molecular flexibility index (Phi) is 5.68. The second kappa shape index (κ2) is 8.17. The van der Waals surface area contributed by atoms with E-state index in [0.717, 1.165) is 17.0 Å². The minimum absolute atomic E-state index is 0.410. The Morgan fingerprint density at radius 3 is 2.54 bits per heavy atom. The van der Waals surface area contributed by atoms with Gasteiger partial charge >= 0.3 is 5.97 Å². The van der Waals surface area contributed by atoms with Crippen LogP contribution >= 0.6 is 0 Å². The third-order valence-corrected chi connectivity index (χ3v) is 4.21. The summed E-state index contributed by atoms with van der Waals surface area (Å²) < 4.78 is 17.1. The smallest absolute Gasteiger partial charge is 0.347 e. The molecular weight excluding hydrogens is 358 g/mol. The summed E-state index contributed by atoms with van der Waals surface area (Å²) in [6.07, 6.45) is 0.591. The first-order chi connectivity index (χ1) is 13.3. The van der Waals surface area contributed by atoms with Crippen LogP contribution in [-0.2, 0) is 11.2 Å².